The fourth-order valence-corrected chi connectivity index (χ4v) is 5.31. The lowest BCUT2D eigenvalue weighted by molar-refractivity contribution is -0.128. The topological polar surface area (TPSA) is 84.9 Å². The van der Waals surface area contributed by atoms with Crippen LogP contribution in [0.3, 0.4) is 0 Å². The number of anilines is 1. The first-order valence-electron chi connectivity index (χ1n) is 10.3. The molecule has 3 aromatic carbocycles. The SMILES string of the molecule is COc1ccccc1[C@H](C)NC(=O)[C@@H]1CN(S(=O)(=O)c2ccc(Cl)cc2)c2ccccc2O1. The number of carbonyl (C=O) groups is 1. The third-order valence-electron chi connectivity index (χ3n) is 5.39. The molecule has 0 spiro atoms. The number of hydrogen-bond donors (Lipinski definition) is 1. The molecule has 3 aromatic rings. The van der Waals surface area contributed by atoms with Crippen molar-refractivity contribution in [2.45, 2.75) is 24.0 Å². The van der Waals surface area contributed by atoms with Crippen LogP contribution in [0, 0.1) is 0 Å². The molecule has 0 aromatic heterocycles. The number of hydrogen-bond acceptors (Lipinski definition) is 5. The molecule has 172 valence electrons. The molecular formula is C24H23ClN2O5S. The van der Waals surface area contributed by atoms with Gasteiger partial charge in [0.15, 0.2) is 6.10 Å². The third kappa shape index (κ3) is 4.62. The molecule has 0 bridgehead atoms. The van der Waals surface area contributed by atoms with Gasteiger partial charge in [0, 0.05) is 10.6 Å². The quantitative estimate of drug-likeness (QED) is 0.565. The first-order valence-corrected chi connectivity index (χ1v) is 12.1. The van der Waals surface area contributed by atoms with E-state index in [4.69, 9.17) is 21.1 Å². The van der Waals surface area contributed by atoms with Gasteiger partial charge < -0.3 is 14.8 Å². The van der Waals surface area contributed by atoms with Crippen molar-refractivity contribution in [2.75, 3.05) is 18.0 Å². The van der Waals surface area contributed by atoms with E-state index in [9.17, 15) is 13.2 Å². The molecule has 1 N–H and O–H groups in total. The van der Waals surface area contributed by atoms with E-state index in [1.165, 1.54) is 28.6 Å². The van der Waals surface area contributed by atoms with Crippen LogP contribution in [-0.4, -0.2) is 34.1 Å². The number of para-hydroxylation sites is 3. The van der Waals surface area contributed by atoms with Crippen LogP contribution in [-0.2, 0) is 14.8 Å². The second-order valence-electron chi connectivity index (χ2n) is 7.54. The van der Waals surface area contributed by atoms with Crippen LogP contribution in [0.1, 0.15) is 18.5 Å². The van der Waals surface area contributed by atoms with E-state index in [2.05, 4.69) is 5.32 Å². The molecule has 0 radical (unpaired) electrons. The number of amides is 1. The standard InChI is InChI=1S/C24H23ClN2O5S/c1-16(19-7-3-5-9-21(19)31-2)26-24(28)23-15-27(20-8-4-6-10-22(20)32-23)33(29,30)18-13-11-17(25)12-14-18/h3-14,16,23H,15H2,1-2H3,(H,26,28)/t16-,23-/m0/s1. The van der Waals surface area contributed by atoms with E-state index < -0.39 is 22.0 Å². The van der Waals surface area contributed by atoms with E-state index in [-0.39, 0.29) is 17.5 Å². The van der Waals surface area contributed by atoms with Crippen LogP contribution in [0.25, 0.3) is 0 Å². The summed E-state index contributed by atoms with van der Waals surface area (Å²) in [4.78, 5) is 13.2. The number of sulfonamides is 1. The van der Waals surface area contributed by atoms with Crippen LogP contribution in [0.4, 0.5) is 5.69 Å². The summed E-state index contributed by atoms with van der Waals surface area (Å²) < 4.78 is 39.3. The van der Waals surface area contributed by atoms with Crippen LogP contribution >= 0.6 is 11.6 Å². The highest BCUT2D eigenvalue weighted by Gasteiger charge is 2.37. The number of halogens is 1. The summed E-state index contributed by atoms with van der Waals surface area (Å²) in [7, 11) is -2.39. The normalized spacial score (nSPS) is 16.3. The average molecular weight is 487 g/mol. The van der Waals surface area contributed by atoms with E-state index >= 15 is 0 Å². The van der Waals surface area contributed by atoms with Gasteiger partial charge in [0.2, 0.25) is 0 Å². The molecule has 0 saturated heterocycles. The maximum atomic E-state index is 13.4. The summed E-state index contributed by atoms with van der Waals surface area (Å²) in [6, 6.07) is 19.6. The van der Waals surface area contributed by atoms with E-state index in [1.54, 1.807) is 31.4 Å². The van der Waals surface area contributed by atoms with Gasteiger partial charge in [0.05, 0.1) is 30.3 Å². The fourth-order valence-electron chi connectivity index (χ4n) is 3.71. The molecule has 4 rings (SSSR count). The smallest absolute Gasteiger partial charge is 0.264 e. The number of nitrogens with one attached hydrogen (secondary N) is 1. The number of fused-ring (bicyclic) bond motifs is 1. The molecule has 0 saturated carbocycles. The van der Waals surface area contributed by atoms with Gasteiger partial charge in [-0.2, -0.15) is 0 Å². The van der Waals surface area contributed by atoms with Crippen molar-refractivity contribution in [1.29, 1.82) is 0 Å². The lowest BCUT2D eigenvalue weighted by atomic mass is 10.1. The Morgan fingerprint density at radius 3 is 2.48 bits per heavy atom. The average Bonchev–Trinajstić information content (AvgIpc) is 2.83. The van der Waals surface area contributed by atoms with Crippen molar-refractivity contribution in [1.82, 2.24) is 5.32 Å². The van der Waals surface area contributed by atoms with Crippen molar-refractivity contribution in [3.8, 4) is 11.5 Å². The zero-order valence-corrected chi connectivity index (χ0v) is 19.6. The summed E-state index contributed by atoms with van der Waals surface area (Å²) in [5.41, 5.74) is 1.17. The summed E-state index contributed by atoms with van der Waals surface area (Å²) in [6.45, 7) is 1.65. The van der Waals surface area contributed by atoms with E-state index in [1.807, 2.05) is 31.2 Å². The Labute approximate surface area is 197 Å². The van der Waals surface area contributed by atoms with Gasteiger partial charge in [-0.05, 0) is 49.4 Å². The van der Waals surface area contributed by atoms with Crippen LogP contribution in [0.2, 0.25) is 5.02 Å². The Morgan fingerprint density at radius 1 is 1.09 bits per heavy atom. The van der Waals surface area contributed by atoms with Gasteiger partial charge in [-0.3, -0.25) is 9.10 Å². The van der Waals surface area contributed by atoms with Gasteiger partial charge in [-0.15, -0.1) is 0 Å². The van der Waals surface area contributed by atoms with Crippen molar-refractivity contribution < 1.29 is 22.7 Å². The van der Waals surface area contributed by atoms with Gasteiger partial charge in [0.25, 0.3) is 15.9 Å². The lowest BCUT2D eigenvalue weighted by Crippen LogP contribution is -2.51. The molecule has 1 amide bonds. The summed E-state index contributed by atoms with van der Waals surface area (Å²) in [5, 5.41) is 3.34. The van der Waals surface area contributed by atoms with E-state index in [0.717, 1.165) is 5.56 Å². The monoisotopic (exact) mass is 486 g/mol. The lowest BCUT2D eigenvalue weighted by Gasteiger charge is -2.35. The number of methoxy groups -OCH3 is 1. The highest BCUT2D eigenvalue weighted by atomic mass is 35.5. The largest absolute Gasteiger partial charge is 0.496 e. The number of benzene rings is 3. The van der Waals surface area contributed by atoms with Gasteiger partial charge in [-0.25, -0.2) is 8.42 Å². The first-order chi connectivity index (χ1) is 15.8. The van der Waals surface area contributed by atoms with Crippen molar-refractivity contribution >= 4 is 33.2 Å². The molecule has 1 aliphatic rings. The first kappa shape index (κ1) is 22.9. The number of ether oxygens (including phenoxy) is 2. The molecule has 0 fully saturated rings. The Kier molecular flexibility index (Phi) is 6.49. The highest BCUT2D eigenvalue weighted by molar-refractivity contribution is 7.92. The fraction of sp³-hybridized carbons (Fsp3) is 0.208. The molecule has 0 aliphatic carbocycles. The molecule has 9 heteroatoms. The zero-order valence-electron chi connectivity index (χ0n) is 18.1. The minimum absolute atomic E-state index is 0.0742. The van der Waals surface area contributed by atoms with E-state index in [0.29, 0.717) is 22.2 Å². The molecule has 33 heavy (non-hydrogen) atoms. The molecule has 1 aliphatic heterocycles. The number of nitrogens with zero attached hydrogens (tertiary/aromatic N) is 1. The second kappa shape index (κ2) is 9.33. The summed E-state index contributed by atoms with van der Waals surface area (Å²) in [5.74, 6) is 0.526. The summed E-state index contributed by atoms with van der Waals surface area (Å²) in [6.07, 6.45) is -1.04. The molecule has 2 atom stereocenters. The van der Waals surface area contributed by atoms with Crippen molar-refractivity contribution in [2.24, 2.45) is 0 Å². The Hall–Kier alpha value is -3.23. The Morgan fingerprint density at radius 2 is 1.76 bits per heavy atom. The molecule has 1 heterocycles. The predicted molar refractivity (Wildman–Crippen MR) is 126 cm³/mol. The third-order valence-corrected chi connectivity index (χ3v) is 7.44. The molecule has 0 unspecified atom stereocenters. The maximum absolute atomic E-state index is 13.4. The minimum Gasteiger partial charge on any atom is -0.496 e. The minimum atomic E-state index is -3.96. The molecular weight excluding hydrogens is 464 g/mol. The second-order valence-corrected chi connectivity index (χ2v) is 9.84. The Balaban J connectivity index is 1.62. The van der Waals surface area contributed by atoms with Crippen molar-refractivity contribution in [3.05, 3.63) is 83.4 Å². The van der Waals surface area contributed by atoms with Crippen LogP contribution in [0.15, 0.2) is 77.7 Å². The number of rotatable bonds is 6. The number of carbonyl (C=O) groups excluding carboxylic acids is 1. The Bertz CT molecular complexity index is 1260. The predicted octanol–water partition coefficient (Wildman–Crippen LogP) is 4.18. The van der Waals surface area contributed by atoms with Gasteiger partial charge in [-0.1, -0.05) is 41.9 Å². The molecule has 7 nitrogen and oxygen atoms in total. The maximum Gasteiger partial charge on any atom is 0.264 e. The highest BCUT2D eigenvalue weighted by Crippen LogP contribution is 2.37. The van der Waals surface area contributed by atoms with Crippen molar-refractivity contribution in [3.63, 3.8) is 0 Å². The van der Waals surface area contributed by atoms with Gasteiger partial charge >= 0.3 is 0 Å². The van der Waals surface area contributed by atoms with Crippen LogP contribution < -0.4 is 19.1 Å². The summed E-state index contributed by atoms with van der Waals surface area (Å²) >= 11 is 5.92. The van der Waals surface area contributed by atoms with Gasteiger partial charge in [0.1, 0.15) is 11.5 Å². The van der Waals surface area contributed by atoms with Crippen LogP contribution in [0.5, 0.6) is 11.5 Å². The zero-order chi connectivity index (χ0) is 23.6.